The normalized spacial score (nSPS) is 10.5. The molecule has 0 bridgehead atoms. The van der Waals surface area contributed by atoms with Gasteiger partial charge in [0.1, 0.15) is 5.15 Å². The number of hydrogen-bond acceptors (Lipinski definition) is 3. The van der Waals surface area contributed by atoms with Crippen LogP contribution in [-0.2, 0) is 4.79 Å². The highest BCUT2D eigenvalue weighted by Gasteiger charge is 2.15. The van der Waals surface area contributed by atoms with E-state index in [0.29, 0.717) is 17.3 Å². The molecule has 0 aromatic carbocycles. The summed E-state index contributed by atoms with van der Waals surface area (Å²) < 4.78 is 0. The zero-order valence-electron chi connectivity index (χ0n) is 12.2. The van der Waals surface area contributed by atoms with Crippen LogP contribution in [0.25, 0.3) is 0 Å². The predicted octanol–water partition coefficient (Wildman–Crippen LogP) is 2.07. The average Bonchev–Trinajstić information content (AvgIpc) is 2.42. The summed E-state index contributed by atoms with van der Waals surface area (Å²) in [6.45, 7) is 4.33. The molecular weight excluding hydrogens is 278 g/mol. The highest BCUT2D eigenvalue weighted by Crippen LogP contribution is 2.18. The molecule has 1 rings (SSSR count). The monoisotopic (exact) mass is 297 g/mol. The molecule has 1 aromatic rings. The predicted molar refractivity (Wildman–Crippen MR) is 79.0 cm³/mol. The average molecular weight is 298 g/mol. The van der Waals surface area contributed by atoms with Crippen LogP contribution >= 0.6 is 11.6 Å². The summed E-state index contributed by atoms with van der Waals surface area (Å²) in [6.07, 6.45) is 0.272. The third kappa shape index (κ3) is 4.49. The molecule has 0 aliphatic heterocycles. The highest BCUT2D eigenvalue weighted by atomic mass is 35.5. The van der Waals surface area contributed by atoms with Crippen LogP contribution in [0.2, 0.25) is 5.15 Å². The first-order valence-corrected chi connectivity index (χ1v) is 6.86. The van der Waals surface area contributed by atoms with E-state index < -0.39 is 0 Å². The minimum atomic E-state index is -0.167. The van der Waals surface area contributed by atoms with Crippen LogP contribution < -0.4 is 5.32 Å². The van der Waals surface area contributed by atoms with Gasteiger partial charge in [0.25, 0.3) is 5.91 Å². The Morgan fingerprint density at radius 3 is 2.60 bits per heavy atom. The van der Waals surface area contributed by atoms with E-state index in [2.05, 4.69) is 10.3 Å². The Labute approximate surface area is 124 Å². The quantitative estimate of drug-likeness (QED) is 0.846. The molecule has 1 aromatic heterocycles. The van der Waals surface area contributed by atoms with Gasteiger partial charge in [-0.1, -0.05) is 25.4 Å². The van der Waals surface area contributed by atoms with Gasteiger partial charge in [-0.25, -0.2) is 4.98 Å². The van der Waals surface area contributed by atoms with Crippen LogP contribution in [0, 0.1) is 0 Å². The van der Waals surface area contributed by atoms with E-state index in [1.807, 2.05) is 13.8 Å². The molecule has 5 nitrogen and oxygen atoms in total. The summed E-state index contributed by atoms with van der Waals surface area (Å²) in [5.74, 6) is -0.0724. The van der Waals surface area contributed by atoms with E-state index in [0.717, 1.165) is 5.69 Å². The standard InChI is InChI=1S/C14H20ClN3O2/c1-9(2)11-7-10(8-12(15)17-11)14(20)18(4)6-5-13(19)16-3/h7-9H,5-6H2,1-4H3,(H,16,19). The van der Waals surface area contributed by atoms with Crippen LogP contribution in [-0.4, -0.2) is 42.3 Å². The van der Waals surface area contributed by atoms with Gasteiger partial charge in [-0.2, -0.15) is 0 Å². The van der Waals surface area contributed by atoms with Gasteiger partial charge in [-0.05, 0) is 18.1 Å². The first-order chi connectivity index (χ1) is 9.35. The first kappa shape index (κ1) is 16.4. The Morgan fingerprint density at radius 2 is 2.05 bits per heavy atom. The van der Waals surface area contributed by atoms with E-state index in [9.17, 15) is 9.59 Å². The number of halogens is 1. The maximum Gasteiger partial charge on any atom is 0.253 e. The lowest BCUT2D eigenvalue weighted by Gasteiger charge is -2.17. The van der Waals surface area contributed by atoms with Crippen molar-refractivity contribution in [1.29, 1.82) is 0 Å². The smallest absolute Gasteiger partial charge is 0.253 e. The number of hydrogen-bond donors (Lipinski definition) is 1. The summed E-state index contributed by atoms with van der Waals surface area (Å²) in [5.41, 5.74) is 1.27. The van der Waals surface area contributed by atoms with E-state index in [1.165, 1.54) is 4.90 Å². The zero-order chi connectivity index (χ0) is 15.3. The SMILES string of the molecule is CNC(=O)CCN(C)C(=O)c1cc(Cl)nc(C(C)C)c1. The van der Waals surface area contributed by atoms with Gasteiger partial charge in [0.15, 0.2) is 0 Å². The van der Waals surface area contributed by atoms with Gasteiger partial charge in [-0.3, -0.25) is 9.59 Å². The molecule has 0 spiro atoms. The molecule has 0 saturated carbocycles. The Hall–Kier alpha value is -1.62. The Morgan fingerprint density at radius 1 is 1.40 bits per heavy atom. The van der Waals surface area contributed by atoms with Crippen LogP contribution in [0.4, 0.5) is 0 Å². The number of carbonyl (C=O) groups is 2. The van der Waals surface area contributed by atoms with Crippen molar-refractivity contribution in [2.24, 2.45) is 0 Å². The number of aromatic nitrogens is 1. The fourth-order valence-corrected chi connectivity index (χ4v) is 1.87. The minimum absolute atomic E-state index is 0.0970. The van der Waals surface area contributed by atoms with Gasteiger partial charge >= 0.3 is 0 Å². The number of pyridine rings is 1. The van der Waals surface area contributed by atoms with Crippen LogP contribution in [0.15, 0.2) is 12.1 Å². The summed E-state index contributed by atoms with van der Waals surface area (Å²) in [5, 5.41) is 2.83. The first-order valence-electron chi connectivity index (χ1n) is 6.48. The molecule has 0 aliphatic rings. The molecule has 6 heteroatoms. The van der Waals surface area contributed by atoms with Crippen molar-refractivity contribution in [3.05, 3.63) is 28.5 Å². The number of nitrogens with zero attached hydrogens (tertiary/aromatic N) is 2. The number of amides is 2. The van der Waals surface area contributed by atoms with Crippen molar-refractivity contribution in [1.82, 2.24) is 15.2 Å². The number of nitrogens with one attached hydrogen (secondary N) is 1. The van der Waals surface area contributed by atoms with Crippen molar-refractivity contribution in [3.8, 4) is 0 Å². The van der Waals surface area contributed by atoms with Gasteiger partial charge < -0.3 is 10.2 Å². The third-order valence-electron chi connectivity index (χ3n) is 2.95. The summed E-state index contributed by atoms with van der Waals surface area (Å²) in [6, 6.07) is 3.29. The van der Waals surface area contributed by atoms with Crippen molar-refractivity contribution in [2.45, 2.75) is 26.2 Å². The fourth-order valence-electron chi connectivity index (χ4n) is 1.65. The van der Waals surface area contributed by atoms with Gasteiger partial charge in [0, 0.05) is 38.3 Å². The summed E-state index contributed by atoms with van der Waals surface area (Å²) in [4.78, 5) is 29.2. The highest BCUT2D eigenvalue weighted by molar-refractivity contribution is 6.29. The molecule has 0 fully saturated rings. The lowest BCUT2D eigenvalue weighted by Crippen LogP contribution is -2.31. The van der Waals surface area contributed by atoms with Crippen molar-refractivity contribution >= 4 is 23.4 Å². The second-order valence-corrected chi connectivity index (χ2v) is 5.30. The van der Waals surface area contributed by atoms with E-state index >= 15 is 0 Å². The molecule has 0 saturated heterocycles. The lowest BCUT2D eigenvalue weighted by atomic mass is 10.1. The Bertz CT molecular complexity index is 503. The van der Waals surface area contributed by atoms with E-state index in [4.69, 9.17) is 11.6 Å². The summed E-state index contributed by atoms with van der Waals surface area (Å²) >= 11 is 5.95. The largest absolute Gasteiger partial charge is 0.359 e. The van der Waals surface area contributed by atoms with E-state index in [1.54, 1.807) is 26.2 Å². The maximum absolute atomic E-state index is 12.3. The molecule has 0 atom stereocenters. The van der Waals surface area contributed by atoms with E-state index in [-0.39, 0.29) is 24.2 Å². The second-order valence-electron chi connectivity index (χ2n) is 4.91. The van der Waals surface area contributed by atoms with Crippen LogP contribution in [0.3, 0.4) is 0 Å². The van der Waals surface area contributed by atoms with Gasteiger partial charge in [0.05, 0.1) is 0 Å². The minimum Gasteiger partial charge on any atom is -0.359 e. The van der Waals surface area contributed by atoms with Gasteiger partial charge in [-0.15, -0.1) is 0 Å². The van der Waals surface area contributed by atoms with Crippen LogP contribution in [0.1, 0.15) is 42.2 Å². The molecule has 0 unspecified atom stereocenters. The number of carbonyl (C=O) groups excluding carboxylic acids is 2. The molecule has 1 heterocycles. The summed E-state index contributed by atoms with van der Waals surface area (Å²) in [7, 11) is 3.23. The van der Waals surface area contributed by atoms with Crippen molar-refractivity contribution in [3.63, 3.8) is 0 Å². The Balaban J connectivity index is 2.83. The van der Waals surface area contributed by atoms with Crippen molar-refractivity contribution in [2.75, 3.05) is 20.6 Å². The molecular formula is C14H20ClN3O2. The molecule has 20 heavy (non-hydrogen) atoms. The van der Waals surface area contributed by atoms with Gasteiger partial charge in [0.2, 0.25) is 5.91 Å². The van der Waals surface area contributed by atoms with Crippen LogP contribution in [0.5, 0.6) is 0 Å². The van der Waals surface area contributed by atoms with Crippen molar-refractivity contribution < 1.29 is 9.59 Å². The molecule has 1 N–H and O–H groups in total. The zero-order valence-corrected chi connectivity index (χ0v) is 13.0. The lowest BCUT2D eigenvalue weighted by molar-refractivity contribution is -0.120. The fraction of sp³-hybridized carbons (Fsp3) is 0.500. The Kier molecular flexibility index (Phi) is 5.95. The third-order valence-corrected chi connectivity index (χ3v) is 3.15. The molecule has 110 valence electrons. The molecule has 0 radical (unpaired) electrons. The maximum atomic E-state index is 12.3. The molecule has 2 amide bonds. The molecule has 0 aliphatic carbocycles. The number of rotatable bonds is 5. The topological polar surface area (TPSA) is 62.3 Å². The second kappa shape index (κ2) is 7.24.